The lowest BCUT2D eigenvalue weighted by atomic mass is 10.1. The maximum absolute atomic E-state index is 13.5. The van der Waals surface area contributed by atoms with E-state index in [4.69, 9.17) is 16.3 Å². The van der Waals surface area contributed by atoms with Gasteiger partial charge in [0.1, 0.15) is 12.4 Å². The van der Waals surface area contributed by atoms with Gasteiger partial charge in [-0.05, 0) is 66.1 Å². The SMILES string of the molecule is O=C(CCc1ccc(Cn2cccn2)cc1OCCNC(=O)c1cccc(Cl)c1)NS(=O)(=O)c1ccc(F)c(F)c1. The Morgan fingerprint density at radius 3 is 2.56 bits per heavy atom. The van der Waals surface area contributed by atoms with Gasteiger partial charge in [0.2, 0.25) is 5.91 Å². The molecule has 3 aromatic carbocycles. The number of benzene rings is 3. The fraction of sp³-hybridized carbons (Fsp3) is 0.179. The molecule has 2 amide bonds. The average Bonchev–Trinajstić information content (AvgIpc) is 3.44. The van der Waals surface area contributed by atoms with Crippen molar-refractivity contribution in [2.45, 2.75) is 24.3 Å². The van der Waals surface area contributed by atoms with Gasteiger partial charge in [0.05, 0.1) is 18.0 Å². The lowest BCUT2D eigenvalue weighted by Crippen LogP contribution is -2.31. The number of nitrogens with one attached hydrogen (secondary N) is 2. The molecular formula is C28H25ClF2N4O5S. The Labute approximate surface area is 240 Å². The molecule has 0 aliphatic heterocycles. The van der Waals surface area contributed by atoms with Crippen LogP contribution in [0.25, 0.3) is 0 Å². The standard InChI is InChI=1S/C28H25ClF2N4O5S/c29-22-4-1-3-21(16-22)28(37)32-12-14-40-26-15-19(18-35-13-2-11-33-35)5-6-20(26)7-10-27(36)34-41(38,39)23-8-9-24(30)25(31)17-23/h1-6,8-9,11,13,15-17H,7,10,12,14,18H2,(H,32,37)(H,34,36). The molecule has 0 bridgehead atoms. The topological polar surface area (TPSA) is 119 Å². The fourth-order valence-corrected chi connectivity index (χ4v) is 5.04. The van der Waals surface area contributed by atoms with Gasteiger partial charge in [-0.3, -0.25) is 14.3 Å². The third-order valence-corrected chi connectivity index (χ3v) is 7.44. The minimum absolute atomic E-state index is 0.112. The lowest BCUT2D eigenvalue weighted by Gasteiger charge is -2.14. The normalized spacial score (nSPS) is 11.2. The Balaban J connectivity index is 1.40. The molecule has 0 saturated heterocycles. The molecule has 214 valence electrons. The smallest absolute Gasteiger partial charge is 0.264 e. The van der Waals surface area contributed by atoms with E-state index in [1.54, 1.807) is 59.5 Å². The molecule has 0 radical (unpaired) electrons. The van der Waals surface area contributed by atoms with Gasteiger partial charge < -0.3 is 10.1 Å². The number of rotatable bonds is 12. The van der Waals surface area contributed by atoms with Crippen molar-refractivity contribution in [3.8, 4) is 5.75 Å². The monoisotopic (exact) mass is 602 g/mol. The number of halogens is 3. The average molecular weight is 603 g/mol. The summed E-state index contributed by atoms with van der Waals surface area (Å²) in [6.07, 6.45) is 3.34. The van der Waals surface area contributed by atoms with Crippen LogP contribution >= 0.6 is 11.6 Å². The predicted octanol–water partition coefficient (Wildman–Crippen LogP) is 4.11. The summed E-state index contributed by atoms with van der Waals surface area (Å²) in [5, 5.41) is 7.37. The third kappa shape index (κ3) is 8.35. The van der Waals surface area contributed by atoms with Crippen LogP contribution in [0.3, 0.4) is 0 Å². The second-order valence-electron chi connectivity index (χ2n) is 8.87. The lowest BCUT2D eigenvalue weighted by molar-refractivity contribution is -0.119. The number of carbonyl (C=O) groups is 2. The molecular weight excluding hydrogens is 578 g/mol. The van der Waals surface area contributed by atoms with Gasteiger partial charge in [0.15, 0.2) is 11.6 Å². The molecule has 0 fully saturated rings. The Kier molecular flexibility index (Phi) is 9.69. The molecule has 0 saturated carbocycles. The first-order valence-electron chi connectivity index (χ1n) is 12.4. The molecule has 13 heteroatoms. The summed E-state index contributed by atoms with van der Waals surface area (Å²) in [7, 11) is -4.40. The van der Waals surface area contributed by atoms with Crippen LogP contribution < -0.4 is 14.8 Å². The quantitative estimate of drug-likeness (QED) is 0.236. The van der Waals surface area contributed by atoms with Crippen molar-refractivity contribution in [1.82, 2.24) is 19.8 Å². The van der Waals surface area contributed by atoms with Crippen molar-refractivity contribution in [3.05, 3.63) is 112 Å². The molecule has 0 spiro atoms. The molecule has 2 N–H and O–H groups in total. The Morgan fingerprint density at radius 2 is 1.83 bits per heavy atom. The van der Waals surface area contributed by atoms with E-state index in [0.29, 0.717) is 40.6 Å². The first-order valence-corrected chi connectivity index (χ1v) is 14.2. The highest BCUT2D eigenvalue weighted by atomic mass is 35.5. The Bertz CT molecular complexity index is 1650. The largest absolute Gasteiger partial charge is 0.491 e. The van der Waals surface area contributed by atoms with Crippen LogP contribution in [0.1, 0.15) is 27.9 Å². The van der Waals surface area contributed by atoms with E-state index in [1.165, 1.54) is 0 Å². The number of amides is 2. The molecule has 4 rings (SSSR count). The van der Waals surface area contributed by atoms with E-state index >= 15 is 0 Å². The second kappa shape index (κ2) is 13.4. The van der Waals surface area contributed by atoms with Gasteiger partial charge in [-0.25, -0.2) is 21.9 Å². The summed E-state index contributed by atoms with van der Waals surface area (Å²) < 4.78 is 61.1. The maximum atomic E-state index is 13.5. The van der Waals surface area contributed by atoms with Crippen molar-refractivity contribution >= 4 is 33.4 Å². The number of nitrogens with zero attached hydrogens (tertiary/aromatic N) is 2. The molecule has 0 unspecified atom stereocenters. The highest BCUT2D eigenvalue weighted by Gasteiger charge is 2.20. The fourth-order valence-electron chi connectivity index (χ4n) is 3.83. The molecule has 1 aromatic heterocycles. The summed E-state index contributed by atoms with van der Waals surface area (Å²) >= 11 is 5.94. The highest BCUT2D eigenvalue weighted by molar-refractivity contribution is 7.90. The van der Waals surface area contributed by atoms with Crippen molar-refractivity contribution in [3.63, 3.8) is 0 Å². The second-order valence-corrected chi connectivity index (χ2v) is 11.0. The van der Waals surface area contributed by atoms with Crippen LogP contribution in [0.2, 0.25) is 5.02 Å². The van der Waals surface area contributed by atoms with Crippen LogP contribution in [0.15, 0.2) is 84.0 Å². The van der Waals surface area contributed by atoms with E-state index in [-0.39, 0.29) is 31.9 Å². The summed E-state index contributed by atoms with van der Waals surface area (Å²) in [5.41, 5.74) is 1.89. The molecule has 4 aromatic rings. The first-order chi connectivity index (χ1) is 19.6. The summed E-state index contributed by atoms with van der Waals surface area (Å²) in [5.74, 6) is -3.26. The minimum Gasteiger partial charge on any atom is -0.491 e. The predicted molar refractivity (Wildman–Crippen MR) is 147 cm³/mol. The zero-order valence-corrected chi connectivity index (χ0v) is 23.1. The zero-order valence-electron chi connectivity index (χ0n) is 21.5. The molecule has 0 atom stereocenters. The van der Waals surface area contributed by atoms with E-state index < -0.39 is 32.5 Å². The van der Waals surface area contributed by atoms with Crippen LogP contribution in [0, 0.1) is 11.6 Å². The van der Waals surface area contributed by atoms with Crippen molar-refractivity contribution in [2.24, 2.45) is 0 Å². The zero-order chi connectivity index (χ0) is 29.4. The van der Waals surface area contributed by atoms with Crippen LogP contribution in [-0.2, 0) is 27.8 Å². The van der Waals surface area contributed by atoms with Gasteiger partial charge in [-0.1, -0.05) is 29.8 Å². The van der Waals surface area contributed by atoms with E-state index in [2.05, 4.69) is 10.4 Å². The number of aryl methyl sites for hydroxylation is 1. The molecule has 9 nitrogen and oxygen atoms in total. The number of sulfonamides is 1. The maximum Gasteiger partial charge on any atom is 0.264 e. The van der Waals surface area contributed by atoms with Gasteiger partial charge >= 0.3 is 0 Å². The van der Waals surface area contributed by atoms with Gasteiger partial charge in [-0.2, -0.15) is 5.10 Å². The van der Waals surface area contributed by atoms with Crippen molar-refractivity contribution in [1.29, 1.82) is 0 Å². The first kappa shape index (κ1) is 29.7. The van der Waals surface area contributed by atoms with Crippen molar-refractivity contribution < 1.29 is 31.5 Å². The number of hydrogen-bond donors (Lipinski definition) is 2. The van der Waals surface area contributed by atoms with Crippen molar-refractivity contribution in [2.75, 3.05) is 13.2 Å². The van der Waals surface area contributed by atoms with Gasteiger partial charge in [-0.15, -0.1) is 0 Å². The Hall–Kier alpha value is -4.29. The minimum atomic E-state index is -4.40. The number of aromatic nitrogens is 2. The number of hydrogen-bond acceptors (Lipinski definition) is 6. The van der Waals surface area contributed by atoms with Gasteiger partial charge in [0, 0.05) is 29.4 Å². The highest BCUT2D eigenvalue weighted by Crippen LogP contribution is 2.23. The number of ether oxygens (including phenoxy) is 1. The van der Waals surface area contributed by atoms with Crippen LogP contribution in [-0.4, -0.2) is 43.2 Å². The van der Waals surface area contributed by atoms with E-state index in [1.807, 2.05) is 10.8 Å². The molecule has 1 heterocycles. The third-order valence-electron chi connectivity index (χ3n) is 5.84. The summed E-state index contributed by atoms with van der Waals surface area (Å²) in [6, 6.07) is 15.7. The van der Waals surface area contributed by atoms with E-state index in [9.17, 15) is 26.8 Å². The molecule has 41 heavy (non-hydrogen) atoms. The van der Waals surface area contributed by atoms with E-state index in [0.717, 1.165) is 11.6 Å². The summed E-state index contributed by atoms with van der Waals surface area (Å²) in [6.45, 7) is 0.754. The molecule has 0 aliphatic rings. The Morgan fingerprint density at radius 1 is 1.00 bits per heavy atom. The van der Waals surface area contributed by atoms with Gasteiger partial charge in [0.25, 0.3) is 15.9 Å². The van der Waals surface area contributed by atoms with Crippen LogP contribution in [0.4, 0.5) is 8.78 Å². The number of carbonyl (C=O) groups excluding carboxylic acids is 2. The molecule has 0 aliphatic carbocycles. The van der Waals surface area contributed by atoms with Crippen LogP contribution in [0.5, 0.6) is 5.75 Å². The summed E-state index contributed by atoms with van der Waals surface area (Å²) in [4.78, 5) is 24.3.